The Labute approximate surface area is 164 Å². The van der Waals surface area contributed by atoms with Gasteiger partial charge in [-0.2, -0.15) is 0 Å². The smallest absolute Gasteiger partial charge is 0.220 e. The molecule has 0 aliphatic heterocycles. The van der Waals surface area contributed by atoms with Gasteiger partial charge in [-0.25, -0.2) is 4.98 Å². The molecule has 0 unspecified atom stereocenters. The molecule has 2 aromatic heterocycles. The van der Waals surface area contributed by atoms with Crippen LogP contribution in [-0.2, 0) is 17.8 Å². The molecule has 5 heteroatoms. The molecule has 28 heavy (non-hydrogen) atoms. The predicted octanol–water partition coefficient (Wildman–Crippen LogP) is 4.12. The molecule has 0 radical (unpaired) electrons. The average Bonchev–Trinajstić information content (AvgIpc) is 3.44. The van der Waals surface area contributed by atoms with Crippen LogP contribution in [0.25, 0.3) is 16.9 Å². The van der Waals surface area contributed by atoms with Gasteiger partial charge in [-0.15, -0.1) is 0 Å². The van der Waals surface area contributed by atoms with Crippen LogP contribution in [0.3, 0.4) is 0 Å². The van der Waals surface area contributed by atoms with E-state index >= 15 is 0 Å². The molecule has 1 amide bonds. The van der Waals surface area contributed by atoms with E-state index in [1.165, 1.54) is 0 Å². The Bertz CT molecular complexity index is 1020. The first-order chi connectivity index (χ1) is 13.8. The lowest BCUT2D eigenvalue weighted by molar-refractivity contribution is -0.121. The number of hydrogen-bond donors (Lipinski definition) is 2. The highest BCUT2D eigenvalue weighted by atomic mass is 16.1. The molecule has 4 rings (SSSR count). The molecule has 2 heterocycles. The third-order valence-electron chi connectivity index (χ3n) is 4.68. The molecule has 2 aromatic carbocycles. The van der Waals surface area contributed by atoms with Gasteiger partial charge in [-0.05, 0) is 41.8 Å². The van der Waals surface area contributed by atoms with Gasteiger partial charge in [0.25, 0.3) is 0 Å². The van der Waals surface area contributed by atoms with Gasteiger partial charge in [0, 0.05) is 42.4 Å². The van der Waals surface area contributed by atoms with Gasteiger partial charge in [0.05, 0.1) is 6.33 Å². The molecule has 2 N–H and O–H groups in total. The Morgan fingerprint density at radius 3 is 2.57 bits per heavy atom. The summed E-state index contributed by atoms with van der Waals surface area (Å²) < 4.78 is 1.95. The molecule has 0 spiro atoms. The minimum Gasteiger partial charge on any atom is -0.358 e. The van der Waals surface area contributed by atoms with Crippen LogP contribution < -0.4 is 5.32 Å². The topological polar surface area (TPSA) is 62.7 Å². The molecular weight excluding hydrogens is 348 g/mol. The zero-order chi connectivity index (χ0) is 19.2. The SMILES string of the molecule is O=C(CCc1ccc(-c2ccccc2)[nH]1)NCc1ccc(-n2ccnc2)cc1. The van der Waals surface area contributed by atoms with Crippen molar-refractivity contribution in [2.75, 3.05) is 0 Å². The largest absolute Gasteiger partial charge is 0.358 e. The van der Waals surface area contributed by atoms with Crippen LogP contribution in [0.4, 0.5) is 0 Å². The number of carbonyl (C=O) groups is 1. The highest BCUT2D eigenvalue weighted by Crippen LogP contribution is 2.18. The highest BCUT2D eigenvalue weighted by Gasteiger charge is 2.06. The first-order valence-corrected chi connectivity index (χ1v) is 9.35. The van der Waals surface area contributed by atoms with Gasteiger partial charge in [0.2, 0.25) is 5.91 Å². The number of imidazole rings is 1. The van der Waals surface area contributed by atoms with Crippen molar-refractivity contribution in [1.29, 1.82) is 0 Å². The van der Waals surface area contributed by atoms with Crippen molar-refractivity contribution in [3.63, 3.8) is 0 Å². The second-order valence-corrected chi connectivity index (χ2v) is 6.68. The summed E-state index contributed by atoms with van der Waals surface area (Å²) in [5.41, 5.74) is 5.42. The second kappa shape index (κ2) is 8.39. The molecule has 0 atom stereocenters. The predicted molar refractivity (Wildman–Crippen MR) is 110 cm³/mol. The lowest BCUT2D eigenvalue weighted by Crippen LogP contribution is -2.23. The van der Waals surface area contributed by atoms with E-state index in [1.807, 2.05) is 59.3 Å². The van der Waals surface area contributed by atoms with Crippen LogP contribution in [0.15, 0.2) is 85.5 Å². The molecule has 0 aliphatic rings. The number of nitrogens with one attached hydrogen (secondary N) is 2. The van der Waals surface area contributed by atoms with E-state index in [0.29, 0.717) is 19.4 Å². The average molecular weight is 370 g/mol. The fraction of sp³-hybridized carbons (Fsp3) is 0.130. The Balaban J connectivity index is 1.25. The van der Waals surface area contributed by atoms with E-state index in [2.05, 4.69) is 33.5 Å². The summed E-state index contributed by atoms with van der Waals surface area (Å²) in [5, 5.41) is 2.99. The van der Waals surface area contributed by atoms with Crippen molar-refractivity contribution in [3.05, 3.63) is 96.7 Å². The molecule has 5 nitrogen and oxygen atoms in total. The number of benzene rings is 2. The van der Waals surface area contributed by atoms with Gasteiger partial charge >= 0.3 is 0 Å². The fourth-order valence-corrected chi connectivity index (χ4v) is 3.11. The summed E-state index contributed by atoms with van der Waals surface area (Å²) >= 11 is 0. The molecule has 0 saturated heterocycles. The summed E-state index contributed by atoms with van der Waals surface area (Å²) in [6, 6.07) is 22.4. The van der Waals surface area contributed by atoms with E-state index in [-0.39, 0.29) is 5.91 Å². The summed E-state index contributed by atoms with van der Waals surface area (Å²) in [5.74, 6) is 0.0505. The lowest BCUT2D eigenvalue weighted by atomic mass is 10.2. The number of carbonyl (C=O) groups excluding carboxylic acids is 1. The van der Waals surface area contributed by atoms with Crippen LogP contribution in [-0.4, -0.2) is 20.4 Å². The van der Waals surface area contributed by atoms with Crippen molar-refractivity contribution in [3.8, 4) is 16.9 Å². The number of hydrogen-bond acceptors (Lipinski definition) is 2. The Morgan fingerprint density at radius 2 is 1.82 bits per heavy atom. The van der Waals surface area contributed by atoms with Gasteiger partial charge in [0.15, 0.2) is 0 Å². The van der Waals surface area contributed by atoms with E-state index in [9.17, 15) is 4.79 Å². The third-order valence-corrected chi connectivity index (χ3v) is 4.68. The molecule has 0 fully saturated rings. The summed E-state index contributed by atoms with van der Waals surface area (Å²) in [6.45, 7) is 0.531. The first kappa shape index (κ1) is 17.8. The van der Waals surface area contributed by atoms with Gasteiger partial charge in [-0.1, -0.05) is 42.5 Å². The summed E-state index contributed by atoms with van der Waals surface area (Å²) in [4.78, 5) is 19.6. The molecule has 140 valence electrons. The molecule has 0 bridgehead atoms. The van der Waals surface area contributed by atoms with Crippen molar-refractivity contribution in [1.82, 2.24) is 19.9 Å². The number of amides is 1. The highest BCUT2D eigenvalue weighted by molar-refractivity contribution is 5.76. The summed E-state index contributed by atoms with van der Waals surface area (Å²) in [6.07, 6.45) is 6.57. The molecule has 4 aromatic rings. The van der Waals surface area contributed by atoms with E-state index in [0.717, 1.165) is 28.2 Å². The maximum atomic E-state index is 12.2. The summed E-state index contributed by atoms with van der Waals surface area (Å²) in [7, 11) is 0. The zero-order valence-corrected chi connectivity index (χ0v) is 15.5. The van der Waals surface area contributed by atoms with Crippen LogP contribution in [0.5, 0.6) is 0 Å². The number of H-pyrrole nitrogens is 1. The van der Waals surface area contributed by atoms with Gasteiger partial charge in [-0.3, -0.25) is 4.79 Å². The van der Waals surface area contributed by atoms with Gasteiger partial charge < -0.3 is 14.9 Å². The van der Waals surface area contributed by atoms with Crippen molar-refractivity contribution in [2.24, 2.45) is 0 Å². The van der Waals surface area contributed by atoms with Crippen LogP contribution in [0.2, 0.25) is 0 Å². The normalized spacial score (nSPS) is 10.7. The van der Waals surface area contributed by atoms with E-state index < -0.39 is 0 Å². The monoisotopic (exact) mass is 370 g/mol. The Kier molecular flexibility index (Phi) is 5.33. The minimum atomic E-state index is 0.0505. The molecule has 0 saturated carbocycles. The number of rotatable bonds is 7. The van der Waals surface area contributed by atoms with E-state index in [4.69, 9.17) is 0 Å². The third kappa shape index (κ3) is 4.38. The second-order valence-electron chi connectivity index (χ2n) is 6.68. The number of aromatic nitrogens is 3. The van der Waals surface area contributed by atoms with Crippen molar-refractivity contribution in [2.45, 2.75) is 19.4 Å². The van der Waals surface area contributed by atoms with Crippen LogP contribution in [0, 0.1) is 0 Å². The van der Waals surface area contributed by atoms with Crippen LogP contribution >= 0.6 is 0 Å². The lowest BCUT2D eigenvalue weighted by Gasteiger charge is -2.07. The van der Waals surface area contributed by atoms with Crippen molar-refractivity contribution >= 4 is 5.91 Å². The molecule has 0 aliphatic carbocycles. The van der Waals surface area contributed by atoms with Gasteiger partial charge in [0.1, 0.15) is 0 Å². The Morgan fingerprint density at radius 1 is 1.00 bits per heavy atom. The standard InChI is InChI=1S/C23H22N4O/c28-23(13-9-20-8-12-22(26-20)19-4-2-1-3-5-19)25-16-18-6-10-21(11-7-18)27-15-14-24-17-27/h1-8,10-12,14-15,17,26H,9,13,16H2,(H,25,28). The van der Waals surface area contributed by atoms with Crippen LogP contribution in [0.1, 0.15) is 17.7 Å². The fourth-order valence-electron chi connectivity index (χ4n) is 3.11. The van der Waals surface area contributed by atoms with Crippen molar-refractivity contribution < 1.29 is 4.79 Å². The zero-order valence-electron chi connectivity index (χ0n) is 15.5. The maximum Gasteiger partial charge on any atom is 0.220 e. The number of nitrogens with zero attached hydrogens (tertiary/aromatic N) is 2. The quantitative estimate of drug-likeness (QED) is 0.514. The van der Waals surface area contributed by atoms with E-state index in [1.54, 1.807) is 12.5 Å². The number of aromatic amines is 1. The maximum absolute atomic E-state index is 12.2. The first-order valence-electron chi connectivity index (χ1n) is 9.35. The molecular formula is C23H22N4O. The Hall–Kier alpha value is -3.60. The minimum absolute atomic E-state index is 0.0505. The number of aryl methyl sites for hydroxylation is 1.